The molecule has 2 rings (SSSR count). The van der Waals surface area contributed by atoms with Crippen LogP contribution < -0.4 is 10.0 Å². The molecule has 2 aromatic rings. The van der Waals surface area contributed by atoms with Gasteiger partial charge in [-0.15, -0.1) is 0 Å². The van der Waals surface area contributed by atoms with Gasteiger partial charge in [-0.3, -0.25) is 9.52 Å². The molecule has 0 unspecified atom stereocenters. The van der Waals surface area contributed by atoms with Crippen LogP contribution in [0.15, 0.2) is 41.3 Å². The number of benzene rings is 2. The van der Waals surface area contributed by atoms with Crippen molar-refractivity contribution in [3.8, 4) is 11.8 Å². The SMILES string of the molecule is CC(C)(C)C#CC(=O)Nc1ccc(S(=O)(=O)Nc2cc(F)c(C(=O)O)cc2F)cc1. The molecule has 0 bridgehead atoms. The molecule has 0 aromatic heterocycles. The van der Waals surface area contributed by atoms with Crippen LogP contribution in [0.2, 0.25) is 0 Å². The summed E-state index contributed by atoms with van der Waals surface area (Å²) in [5.74, 6) is 0.368. The Balaban J connectivity index is 2.19. The molecule has 0 aliphatic heterocycles. The van der Waals surface area contributed by atoms with Crippen molar-refractivity contribution in [1.29, 1.82) is 0 Å². The van der Waals surface area contributed by atoms with Gasteiger partial charge in [-0.2, -0.15) is 0 Å². The fraction of sp³-hybridized carbons (Fsp3) is 0.200. The summed E-state index contributed by atoms with van der Waals surface area (Å²) >= 11 is 0. The number of hydrogen-bond donors (Lipinski definition) is 3. The number of hydrogen-bond acceptors (Lipinski definition) is 4. The molecule has 0 saturated heterocycles. The van der Waals surface area contributed by atoms with Crippen LogP contribution in [0.3, 0.4) is 0 Å². The number of carboxylic acids is 1. The van der Waals surface area contributed by atoms with Gasteiger partial charge in [-0.25, -0.2) is 22.0 Å². The van der Waals surface area contributed by atoms with E-state index in [0.29, 0.717) is 12.1 Å². The van der Waals surface area contributed by atoms with E-state index >= 15 is 0 Å². The molecule has 3 N–H and O–H groups in total. The first kappa shape index (κ1) is 22.8. The van der Waals surface area contributed by atoms with Gasteiger partial charge in [0, 0.05) is 17.2 Å². The van der Waals surface area contributed by atoms with Gasteiger partial charge in [-0.1, -0.05) is 5.92 Å². The molecule has 0 fully saturated rings. The van der Waals surface area contributed by atoms with E-state index in [1.165, 1.54) is 12.1 Å². The van der Waals surface area contributed by atoms with Gasteiger partial charge in [0.05, 0.1) is 16.1 Å². The van der Waals surface area contributed by atoms with Crippen LogP contribution >= 0.6 is 0 Å². The van der Waals surface area contributed by atoms with Crippen LogP contribution in [0.25, 0.3) is 0 Å². The van der Waals surface area contributed by atoms with Crippen LogP contribution in [0.5, 0.6) is 0 Å². The topological polar surface area (TPSA) is 113 Å². The third-order valence-electron chi connectivity index (χ3n) is 3.50. The quantitative estimate of drug-likeness (QED) is 0.622. The Morgan fingerprint density at radius 3 is 2.17 bits per heavy atom. The molecule has 0 aliphatic carbocycles. The first-order chi connectivity index (χ1) is 13.8. The van der Waals surface area contributed by atoms with Gasteiger partial charge >= 0.3 is 5.97 Å². The molecule has 10 heteroatoms. The maximum Gasteiger partial charge on any atom is 0.338 e. The normalized spacial score (nSPS) is 11.2. The standard InChI is InChI=1S/C20H18F2N2O5S/c1-20(2,3)9-8-18(25)23-12-4-6-13(7-5-12)30(28,29)24-17-11-15(21)14(19(26)27)10-16(17)22/h4-7,10-11,24H,1-3H3,(H,23,25)(H,26,27). The van der Waals surface area contributed by atoms with Gasteiger partial charge < -0.3 is 10.4 Å². The predicted molar refractivity (Wildman–Crippen MR) is 106 cm³/mol. The predicted octanol–water partition coefficient (Wildman–Crippen LogP) is 3.45. The molecule has 1 amide bonds. The number of halogens is 2. The molecule has 0 radical (unpaired) electrons. The Kier molecular flexibility index (Phi) is 6.47. The van der Waals surface area contributed by atoms with Crippen LogP contribution in [0, 0.1) is 28.9 Å². The van der Waals surface area contributed by atoms with E-state index in [2.05, 4.69) is 17.2 Å². The Morgan fingerprint density at radius 2 is 1.63 bits per heavy atom. The first-order valence-corrected chi connectivity index (χ1v) is 9.96. The molecule has 0 aliphatic rings. The number of anilines is 2. The minimum atomic E-state index is -4.31. The maximum absolute atomic E-state index is 14.0. The van der Waals surface area contributed by atoms with Gasteiger partial charge in [0.15, 0.2) is 0 Å². The zero-order valence-electron chi connectivity index (χ0n) is 16.2. The summed E-state index contributed by atoms with van der Waals surface area (Å²) < 4.78 is 54.4. The maximum atomic E-state index is 14.0. The van der Waals surface area contributed by atoms with E-state index in [-0.39, 0.29) is 16.0 Å². The molecular weight excluding hydrogens is 418 g/mol. The summed E-state index contributed by atoms with van der Waals surface area (Å²) in [6.45, 7) is 5.51. The molecular formula is C20H18F2N2O5S. The molecule has 0 atom stereocenters. The summed E-state index contributed by atoms with van der Waals surface area (Å²) in [7, 11) is -4.31. The van der Waals surface area contributed by atoms with E-state index in [9.17, 15) is 26.8 Å². The van der Waals surface area contributed by atoms with E-state index < -0.39 is 44.8 Å². The number of carboxylic acid groups (broad SMARTS) is 1. The minimum absolute atomic E-state index is 0.283. The third kappa shape index (κ3) is 6.02. The number of carbonyl (C=O) groups is 2. The fourth-order valence-electron chi connectivity index (χ4n) is 2.12. The summed E-state index contributed by atoms with van der Waals surface area (Å²) in [6.07, 6.45) is 0. The summed E-state index contributed by atoms with van der Waals surface area (Å²) in [4.78, 5) is 22.3. The second-order valence-corrected chi connectivity index (χ2v) is 8.88. The van der Waals surface area contributed by atoms with E-state index in [1.807, 2.05) is 25.5 Å². The lowest BCUT2D eigenvalue weighted by Gasteiger charge is -2.11. The van der Waals surface area contributed by atoms with Gasteiger partial charge in [0.2, 0.25) is 0 Å². The summed E-state index contributed by atoms with van der Waals surface area (Å²) in [5.41, 5.74) is -1.75. The molecule has 158 valence electrons. The molecule has 0 spiro atoms. The van der Waals surface area contributed by atoms with Gasteiger partial charge in [0.1, 0.15) is 11.6 Å². The van der Waals surface area contributed by atoms with Crippen molar-refractivity contribution in [1.82, 2.24) is 0 Å². The molecule has 7 nitrogen and oxygen atoms in total. The third-order valence-corrected chi connectivity index (χ3v) is 4.89. The number of sulfonamides is 1. The lowest BCUT2D eigenvalue weighted by atomic mass is 9.98. The first-order valence-electron chi connectivity index (χ1n) is 8.48. The molecule has 0 heterocycles. The largest absolute Gasteiger partial charge is 0.478 e. The van der Waals surface area contributed by atoms with Gasteiger partial charge in [0.25, 0.3) is 15.9 Å². The van der Waals surface area contributed by atoms with E-state index in [0.717, 1.165) is 12.1 Å². The average molecular weight is 436 g/mol. The number of amides is 1. The van der Waals surface area contributed by atoms with Crippen molar-refractivity contribution in [2.45, 2.75) is 25.7 Å². The number of rotatable bonds is 5. The lowest BCUT2D eigenvalue weighted by molar-refractivity contribution is -0.111. The second-order valence-electron chi connectivity index (χ2n) is 7.20. The zero-order chi connectivity index (χ0) is 22.7. The van der Waals surface area contributed by atoms with Crippen molar-refractivity contribution < 1.29 is 31.9 Å². The highest BCUT2D eigenvalue weighted by molar-refractivity contribution is 7.92. The molecule has 2 aromatic carbocycles. The van der Waals surface area contributed by atoms with Crippen molar-refractivity contribution in [3.05, 3.63) is 53.6 Å². The lowest BCUT2D eigenvalue weighted by Crippen LogP contribution is -2.15. The fourth-order valence-corrected chi connectivity index (χ4v) is 3.17. The van der Waals surface area contributed by atoms with Crippen LogP contribution in [-0.4, -0.2) is 25.4 Å². The Hall–Kier alpha value is -3.45. The smallest absolute Gasteiger partial charge is 0.338 e. The summed E-state index contributed by atoms with van der Waals surface area (Å²) in [6, 6.07) is 5.72. The number of aromatic carboxylic acids is 1. The molecule has 0 saturated carbocycles. The van der Waals surface area contributed by atoms with Gasteiger partial charge in [-0.05, 0) is 57.0 Å². The Labute approximate surface area is 172 Å². The summed E-state index contributed by atoms with van der Waals surface area (Å²) in [5, 5.41) is 11.3. The highest BCUT2D eigenvalue weighted by Crippen LogP contribution is 2.23. The second kappa shape index (κ2) is 8.51. The van der Waals surface area contributed by atoms with Crippen molar-refractivity contribution in [3.63, 3.8) is 0 Å². The van der Waals surface area contributed by atoms with Crippen LogP contribution in [-0.2, 0) is 14.8 Å². The highest BCUT2D eigenvalue weighted by atomic mass is 32.2. The Bertz CT molecular complexity index is 1160. The monoisotopic (exact) mass is 436 g/mol. The van der Waals surface area contributed by atoms with Crippen LogP contribution in [0.4, 0.5) is 20.2 Å². The minimum Gasteiger partial charge on any atom is -0.478 e. The number of nitrogens with one attached hydrogen (secondary N) is 2. The Morgan fingerprint density at radius 1 is 1.03 bits per heavy atom. The van der Waals surface area contributed by atoms with Crippen LogP contribution in [0.1, 0.15) is 31.1 Å². The van der Waals surface area contributed by atoms with Crippen molar-refractivity contribution in [2.75, 3.05) is 10.0 Å². The zero-order valence-corrected chi connectivity index (χ0v) is 17.0. The van der Waals surface area contributed by atoms with E-state index in [4.69, 9.17) is 5.11 Å². The van der Waals surface area contributed by atoms with Crippen molar-refractivity contribution in [2.24, 2.45) is 5.41 Å². The highest BCUT2D eigenvalue weighted by Gasteiger charge is 2.20. The number of carbonyl (C=O) groups excluding carboxylic acids is 1. The van der Waals surface area contributed by atoms with E-state index in [1.54, 1.807) is 0 Å². The average Bonchev–Trinajstić information content (AvgIpc) is 2.62. The van der Waals surface area contributed by atoms with Crippen molar-refractivity contribution >= 4 is 33.3 Å². The molecule has 30 heavy (non-hydrogen) atoms.